The highest BCUT2D eigenvalue weighted by Gasteiger charge is 2.29. The van der Waals surface area contributed by atoms with Crippen LogP contribution in [0.3, 0.4) is 0 Å². The molecule has 0 bridgehead atoms. The van der Waals surface area contributed by atoms with Gasteiger partial charge in [-0.05, 0) is 44.0 Å². The Balaban J connectivity index is 1.75. The van der Waals surface area contributed by atoms with Crippen LogP contribution >= 0.6 is 11.6 Å². The van der Waals surface area contributed by atoms with E-state index in [1.165, 1.54) is 18.4 Å². The molecule has 0 N–H and O–H groups in total. The highest BCUT2D eigenvalue weighted by molar-refractivity contribution is 6.32. The highest BCUT2D eigenvalue weighted by Crippen LogP contribution is 2.33. The maximum Gasteiger partial charge on any atom is 0.137 e. The van der Waals surface area contributed by atoms with Gasteiger partial charge in [-0.2, -0.15) is 5.10 Å². The molecule has 0 amide bonds. The third-order valence-corrected chi connectivity index (χ3v) is 4.74. The zero-order valence-corrected chi connectivity index (χ0v) is 13.7. The summed E-state index contributed by atoms with van der Waals surface area (Å²) in [5.74, 6) is 0.721. The molecule has 1 saturated heterocycles. The second-order valence-corrected chi connectivity index (χ2v) is 6.13. The number of benzene rings is 1. The molecule has 2 atom stereocenters. The predicted octanol–water partition coefficient (Wildman–Crippen LogP) is 3.17. The molecule has 118 valence electrons. The van der Waals surface area contributed by atoms with Crippen molar-refractivity contribution in [1.29, 1.82) is 0 Å². The van der Waals surface area contributed by atoms with Crippen molar-refractivity contribution in [3.63, 3.8) is 0 Å². The molecule has 2 heterocycles. The standard InChI is InChI=1S/C16H21ClN4O/c1-12(13-5-6-16(22-2)15(17)8-13)21-7-3-4-14(21)9-20-11-18-10-19-20/h5-6,8,10-12,14H,3-4,7,9H2,1-2H3. The van der Waals surface area contributed by atoms with Crippen LogP contribution in [-0.2, 0) is 6.54 Å². The quantitative estimate of drug-likeness (QED) is 0.848. The van der Waals surface area contributed by atoms with Crippen molar-refractivity contribution < 1.29 is 4.74 Å². The molecule has 22 heavy (non-hydrogen) atoms. The smallest absolute Gasteiger partial charge is 0.137 e. The molecule has 1 aromatic heterocycles. The van der Waals surface area contributed by atoms with Crippen molar-refractivity contribution in [1.82, 2.24) is 19.7 Å². The van der Waals surface area contributed by atoms with Crippen molar-refractivity contribution in [3.05, 3.63) is 41.4 Å². The largest absolute Gasteiger partial charge is 0.495 e. The minimum Gasteiger partial charge on any atom is -0.495 e. The molecule has 1 fully saturated rings. The second-order valence-electron chi connectivity index (χ2n) is 5.72. The molecule has 0 aliphatic carbocycles. The van der Waals surface area contributed by atoms with E-state index < -0.39 is 0 Å². The lowest BCUT2D eigenvalue weighted by Gasteiger charge is -2.31. The Bertz CT molecular complexity index is 617. The van der Waals surface area contributed by atoms with Gasteiger partial charge in [0.15, 0.2) is 0 Å². The molecule has 0 radical (unpaired) electrons. The summed E-state index contributed by atoms with van der Waals surface area (Å²) in [4.78, 5) is 6.55. The molecule has 1 aliphatic rings. The van der Waals surface area contributed by atoms with Crippen molar-refractivity contribution >= 4 is 11.6 Å². The summed E-state index contributed by atoms with van der Waals surface area (Å²) >= 11 is 6.27. The number of likely N-dealkylation sites (tertiary alicyclic amines) is 1. The zero-order valence-electron chi connectivity index (χ0n) is 12.9. The van der Waals surface area contributed by atoms with Crippen LogP contribution < -0.4 is 4.74 Å². The predicted molar refractivity (Wildman–Crippen MR) is 86.2 cm³/mol. The van der Waals surface area contributed by atoms with Crippen LogP contribution in [0.25, 0.3) is 0 Å². The minimum absolute atomic E-state index is 0.319. The monoisotopic (exact) mass is 320 g/mol. The van der Waals surface area contributed by atoms with E-state index in [2.05, 4.69) is 28.0 Å². The Morgan fingerprint density at radius 1 is 1.45 bits per heavy atom. The fourth-order valence-corrected chi connectivity index (χ4v) is 3.51. The van der Waals surface area contributed by atoms with Crippen LogP contribution in [-0.4, -0.2) is 39.4 Å². The molecule has 6 heteroatoms. The Hall–Kier alpha value is -1.59. The van der Waals surface area contributed by atoms with Gasteiger partial charge in [-0.3, -0.25) is 9.58 Å². The van der Waals surface area contributed by atoms with E-state index in [0.717, 1.165) is 18.8 Å². The molecule has 5 nitrogen and oxygen atoms in total. The number of hydrogen-bond acceptors (Lipinski definition) is 4. The number of ether oxygens (including phenoxy) is 1. The first-order chi connectivity index (χ1) is 10.7. The Kier molecular flexibility index (Phi) is 4.64. The van der Waals surface area contributed by atoms with E-state index in [4.69, 9.17) is 16.3 Å². The fourth-order valence-electron chi connectivity index (χ4n) is 3.24. The molecule has 3 rings (SSSR count). The summed E-state index contributed by atoms with van der Waals surface area (Å²) in [6.07, 6.45) is 5.78. The number of aromatic nitrogens is 3. The zero-order chi connectivity index (χ0) is 15.5. The van der Waals surface area contributed by atoms with E-state index in [1.54, 1.807) is 19.8 Å². The molecule has 0 spiro atoms. The maximum absolute atomic E-state index is 6.27. The van der Waals surface area contributed by atoms with Gasteiger partial charge < -0.3 is 4.74 Å². The van der Waals surface area contributed by atoms with Crippen molar-refractivity contribution in [2.24, 2.45) is 0 Å². The Morgan fingerprint density at radius 2 is 2.32 bits per heavy atom. The SMILES string of the molecule is COc1ccc(C(C)N2CCCC2Cn2cncn2)cc1Cl. The first-order valence-corrected chi connectivity index (χ1v) is 7.98. The van der Waals surface area contributed by atoms with Gasteiger partial charge in [-0.15, -0.1) is 0 Å². The van der Waals surface area contributed by atoms with E-state index >= 15 is 0 Å². The maximum atomic E-state index is 6.27. The van der Waals surface area contributed by atoms with E-state index in [1.807, 2.05) is 16.8 Å². The summed E-state index contributed by atoms with van der Waals surface area (Å²) in [6, 6.07) is 6.85. The minimum atomic E-state index is 0.319. The van der Waals surface area contributed by atoms with Crippen LogP contribution in [0.4, 0.5) is 0 Å². The third-order valence-electron chi connectivity index (χ3n) is 4.44. The molecule has 2 unspecified atom stereocenters. The summed E-state index contributed by atoms with van der Waals surface area (Å²) < 4.78 is 7.15. The Labute approximate surface area is 135 Å². The normalized spacial score (nSPS) is 20.2. The van der Waals surface area contributed by atoms with Gasteiger partial charge in [0.25, 0.3) is 0 Å². The summed E-state index contributed by atoms with van der Waals surface area (Å²) in [5, 5.41) is 4.89. The molecule has 0 saturated carbocycles. The molecular formula is C16H21ClN4O. The lowest BCUT2D eigenvalue weighted by molar-refractivity contribution is 0.173. The summed E-state index contributed by atoms with van der Waals surface area (Å²) in [7, 11) is 1.64. The summed E-state index contributed by atoms with van der Waals surface area (Å²) in [6.45, 7) is 4.22. The van der Waals surface area contributed by atoms with Crippen molar-refractivity contribution in [2.45, 2.75) is 38.4 Å². The third kappa shape index (κ3) is 3.10. The number of methoxy groups -OCH3 is 1. The lowest BCUT2D eigenvalue weighted by Crippen LogP contribution is -2.35. The van der Waals surface area contributed by atoms with Crippen LogP contribution in [0.5, 0.6) is 5.75 Å². The molecule has 2 aromatic rings. The number of hydrogen-bond donors (Lipinski definition) is 0. The number of rotatable bonds is 5. The molecular weight excluding hydrogens is 300 g/mol. The van der Waals surface area contributed by atoms with Gasteiger partial charge in [0.05, 0.1) is 18.7 Å². The van der Waals surface area contributed by atoms with Crippen LogP contribution in [0, 0.1) is 0 Å². The van der Waals surface area contributed by atoms with Crippen LogP contribution in [0.1, 0.15) is 31.4 Å². The lowest BCUT2D eigenvalue weighted by atomic mass is 10.1. The first-order valence-electron chi connectivity index (χ1n) is 7.60. The topological polar surface area (TPSA) is 43.2 Å². The van der Waals surface area contributed by atoms with Crippen molar-refractivity contribution in [2.75, 3.05) is 13.7 Å². The molecule has 1 aromatic carbocycles. The average Bonchev–Trinajstić information content (AvgIpc) is 3.18. The average molecular weight is 321 g/mol. The Morgan fingerprint density at radius 3 is 3.00 bits per heavy atom. The van der Waals surface area contributed by atoms with Gasteiger partial charge in [-0.25, -0.2) is 4.98 Å². The second kappa shape index (κ2) is 6.67. The highest BCUT2D eigenvalue weighted by atomic mass is 35.5. The van der Waals surface area contributed by atoms with E-state index in [0.29, 0.717) is 17.1 Å². The van der Waals surface area contributed by atoms with Gasteiger partial charge in [0.2, 0.25) is 0 Å². The van der Waals surface area contributed by atoms with Gasteiger partial charge in [-0.1, -0.05) is 17.7 Å². The van der Waals surface area contributed by atoms with Crippen LogP contribution in [0.15, 0.2) is 30.9 Å². The van der Waals surface area contributed by atoms with Crippen molar-refractivity contribution in [3.8, 4) is 5.75 Å². The number of halogens is 1. The number of nitrogens with zero attached hydrogens (tertiary/aromatic N) is 4. The fraction of sp³-hybridized carbons (Fsp3) is 0.500. The van der Waals surface area contributed by atoms with E-state index in [-0.39, 0.29) is 0 Å². The van der Waals surface area contributed by atoms with Gasteiger partial charge >= 0.3 is 0 Å². The van der Waals surface area contributed by atoms with E-state index in [9.17, 15) is 0 Å². The van der Waals surface area contributed by atoms with Gasteiger partial charge in [0, 0.05) is 12.1 Å². The van der Waals surface area contributed by atoms with Crippen LogP contribution in [0.2, 0.25) is 5.02 Å². The molecule has 1 aliphatic heterocycles. The first kappa shape index (κ1) is 15.3. The van der Waals surface area contributed by atoms with Gasteiger partial charge in [0.1, 0.15) is 18.4 Å². The summed E-state index contributed by atoms with van der Waals surface area (Å²) in [5.41, 5.74) is 1.22.